The molecule has 6 nitrogen and oxygen atoms in total. The topological polar surface area (TPSA) is 72.4 Å². The molecule has 1 aliphatic heterocycles. The minimum absolute atomic E-state index is 0.188. The van der Waals surface area contributed by atoms with Crippen molar-refractivity contribution in [2.75, 3.05) is 13.1 Å². The van der Waals surface area contributed by atoms with Gasteiger partial charge < -0.3 is 4.74 Å². The molecular formula is C18H17N3O3S. The van der Waals surface area contributed by atoms with E-state index in [-0.39, 0.29) is 11.0 Å². The number of pyridine rings is 2. The Morgan fingerprint density at radius 2 is 1.84 bits per heavy atom. The summed E-state index contributed by atoms with van der Waals surface area (Å²) in [4.78, 5) is 8.75. The second kappa shape index (κ2) is 6.09. The zero-order valence-electron chi connectivity index (χ0n) is 13.7. The molecule has 1 saturated heterocycles. The average Bonchev–Trinajstić information content (AvgIpc) is 2.57. The third kappa shape index (κ3) is 2.96. The highest BCUT2D eigenvalue weighted by Crippen LogP contribution is 2.28. The van der Waals surface area contributed by atoms with Gasteiger partial charge in [0.05, 0.1) is 18.6 Å². The van der Waals surface area contributed by atoms with Gasteiger partial charge in [-0.05, 0) is 25.1 Å². The molecule has 0 radical (unpaired) electrons. The van der Waals surface area contributed by atoms with Crippen molar-refractivity contribution in [2.24, 2.45) is 0 Å². The number of aromatic nitrogens is 2. The van der Waals surface area contributed by atoms with Gasteiger partial charge in [-0.15, -0.1) is 0 Å². The molecule has 0 atom stereocenters. The van der Waals surface area contributed by atoms with Crippen molar-refractivity contribution in [3.05, 3.63) is 60.4 Å². The molecule has 0 unspecified atom stereocenters. The predicted octanol–water partition coefficient (Wildman–Crippen LogP) is 2.39. The Hall–Kier alpha value is -2.51. The molecule has 0 amide bonds. The number of nitrogens with zero attached hydrogens (tertiary/aromatic N) is 3. The van der Waals surface area contributed by atoms with Gasteiger partial charge in [0.25, 0.3) is 0 Å². The maximum Gasteiger partial charge on any atom is 0.245 e. The normalized spacial score (nSPS) is 15.9. The van der Waals surface area contributed by atoms with E-state index in [1.807, 2.05) is 31.2 Å². The quantitative estimate of drug-likeness (QED) is 0.718. The van der Waals surface area contributed by atoms with Crippen LogP contribution in [0.15, 0.2) is 59.6 Å². The lowest BCUT2D eigenvalue weighted by atomic mass is 10.2. The molecule has 7 heteroatoms. The molecule has 0 N–H and O–H groups in total. The number of hydrogen-bond donors (Lipinski definition) is 0. The van der Waals surface area contributed by atoms with Crippen LogP contribution in [0.5, 0.6) is 5.88 Å². The summed E-state index contributed by atoms with van der Waals surface area (Å²) in [6.07, 6.45) is 1.42. The van der Waals surface area contributed by atoms with Crippen molar-refractivity contribution >= 4 is 20.9 Å². The molecule has 0 bridgehead atoms. The summed E-state index contributed by atoms with van der Waals surface area (Å²) in [5.41, 5.74) is 1.36. The van der Waals surface area contributed by atoms with Gasteiger partial charge in [0.15, 0.2) is 0 Å². The lowest BCUT2D eigenvalue weighted by Crippen LogP contribution is -2.56. The number of rotatable bonds is 4. The van der Waals surface area contributed by atoms with Crippen LogP contribution in [0.25, 0.3) is 10.9 Å². The maximum absolute atomic E-state index is 12.9. The van der Waals surface area contributed by atoms with Gasteiger partial charge in [-0.1, -0.05) is 24.3 Å². The van der Waals surface area contributed by atoms with Crippen LogP contribution >= 0.6 is 0 Å². The minimum Gasteiger partial charge on any atom is -0.472 e. The first-order chi connectivity index (χ1) is 12.0. The van der Waals surface area contributed by atoms with Crippen molar-refractivity contribution in [1.82, 2.24) is 14.3 Å². The van der Waals surface area contributed by atoms with Crippen LogP contribution in [0, 0.1) is 6.92 Å². The van der Waals surface area contributed by atoms with Gasteiger partial charge in [-0.2, -0.15) is 4.31 Å². The van der Waals surface area contributed by atoms with Crippen LogP contribution in [0.3, 0.4) is 0 Å². The standard InChI is InChI=1S/C18H17N3O3S/c1-13-5-2-9-17(20-13)24-15-11-21(12-15)25(22,23)16-8-3-6-14-7-4-10-19-18(14)16/h2-10,15H,11-12H2,1H3. The lowest BCUT2D eigenvalue weighted by molar-refractivity contribution is 0.0720. The number of hydrogen-bond acceptors (Lipinski definition) is 5. The largest absolute Gasteiger partial charge is 0.472 e. The van der Waals surface area contributed by atoms with Crippen LogP contribution in [0.4, 0.5) is 0 Å². The minimum atomic E-state index is -3.59. The maximum atomic E-state index is 12.9. The van der Waals surface area contributed by atoms with E-state index in [0.717, 1.165) is 11.1 Å². The smallest absolute Gasteiger partial charge is 0.245 e. The fourth-order valence-corrected chi connectivity index (χ4v) is 4.52. The molecule has 0 aliphatic carbocycles. The second-order valence-electron chi connectivity index (χ2n) is 6.01. The van der Waals surface area contributed by atoms with Gasteiger partial charge in [0.1, 0.15) is 11.0 Å². The first-order valence-corrected chi connectivity index (χ1v) is 9.42. The molecule has 128 valence electrons. The summed E-state index contributed by atoms with van der Waals surface area (Å²) in [5, 5.41) is 0.806. The molecule has 1 aromatic carbocycles. The van der Waals surface area contributed by atoms with Crippen molar-refractivity contribution in [2.45, 2.75) is 17.9 Å². The molecule has 1 aliphatic rings. The van der Waals surface area contributed by atoms with E-state index in [1.165, 1.54) is 4.31 Å². The fourth-order valence-electron chi connectivity index (χ4n) is 2.85. The van der Waals surface area contributed by atoms with E-state index in [4.69, 9.17) is 4.74 Å². The van der Waals surface area contributed by atoms with E-state index in [9.17, 15) is 8.42 Å². The van der Waals surface area contributed by atoms with Crippen LogP contribution in [-0.4, -0.2) is 41.9 Å². The van der Waals surface area contributed by atoms with Gasteiger partial charge in [-0.25, -0.2) is 13.4 Å². The summed E-state index contributed by atoms with van der Waals surface area (Å²) in [6.45, 7) is 2.50. The van der Waals surface area contributed by atoms with Gasteiger partial charge in [0, 0.05) is 23.3 Å². The first kappa shape index (κ1) is 16.0. The van der Waals surface area contributed by atoms with Crippen LogP contribution in [0.1, 0.15) is 5.69 Å². The number of benzene rings is 1. The van der Waals surface area contributed by atoms with E-state index >= 15 is 0 Å². The third-order valence-electron chi connectivity index (χ3n) is 4.18. The van der Waals surface area contributed by atoms with Gasteiger partial charge >= 0.3 is 0 Å². The number of aryl methyl sites for hydroxylation is 1. The van der Waals surface area contributed by atoms with Crippen LogP contribution in [0.2, 0.25) is 0 Å². The Morgan fingerprint density at radius 3 is 2.64 bits per heavy atom. The number of sulfonamides is 1. The van der Waals surface area contributed by atoms with Gasteiger partial charge in [-0.3, -0.25) is 4.98 Å². The lowest BCUT2D eigenvalue weighted by Gasteiger charge is -2.37. The van der Waals surface area contributed by atoms with E-state index in [2.05, 4.69) is 9.97 Å². The monoisotopic (exact) mass is 355 g/mol. The molecule has 2 aromatic heterocycles. The second-order valence-corrected chi connectivity index (χ2v) is 7.92. The van der Waals surface area contributed by atoms with E-state index in [1.54, 1.807) is 30.5 Å². The average molecular weight is 355 g/mol. The molecule has 1 fully saturated rings. The zero-order chi connectivity index (χ0) is 17.4. The third-order valence-corrected chi connectivity index (χ3v) is 6.04. The summed E-state index contributed by atoms with van der Waals surface area (Å²) in [7, 11) is -3.59. The molecule has 25 heavy (non-hydrogen) atoms. The molecule has 3 aromatic rings. The Labute approximate surface area is 146 Å². The van der Waals surface area contributed by atoms with Crippen LogP contribution < -0.4 is 4.74 Å². The molecular weight excluding hydrogens is 338 g/mol. The van der Waals surface area contributed by atoms with Crippen molar-refractivity contribution < 1.29 is 13.2 Å². The Balaban J connectivity index is 1.53. The molecule has 3 heterocycles. The zero-order valence-corrected chi connectivity index (χ0v) is 14.5. The Kier molecular flexibility index (Phi) is 3.89. The summed E-state index contributed by atoms with van der Waals surface area (Å²) in [5.74, 6) is 0.522. The first-order valence-electron chi connectivity index (χ1n) is 7.98. The highest BCUT2D eigenvalue weighted by Gasteiger charge is 2.39. The van der Waals surface area contributed by atoms with E-state index < -0.39 is 10.0 Å². The highest BCUT2D eigenvalue weighted by molar-refractivity contribution is 7.89. The SMILES string of the molecule is Cc1cccc(OC2CN(S(=O)(=O)c3cccc4cccnc34)C2)n1. The summed E-state index contributed by atoms with van der Waals surface area (Å²) < 4.78 is 33.0. The Bertz CT molecular complexity index is 1030. The molecule has 0 saturated carbocycles. The number of ether oxygens (including phenoxy) is 1. The number of para-hydroxylation sites is 1. The predicted molar refractivity (Wildman–Crippen MR) is 93.9 cm³/mol. The molecule has 4 rings (SSSR count). The summed E-state index contributed by atoms with van der Waals surface area (Å²) in [6, 6.07) is 14.4. The fraction of sp³-hybridized carbons (Fsp3) is 0.222. The summed E-state index contributed by atoms with van der Waals surface area (Å²) >= 11 is 0. The van der Waals surface area contributed by atoms with Crippen molar-refractivity contribution in [3.63, 3.8) is 0 Å². The van der Waals surface area contributed by atoms with E-state index in [0.29, 0.717) is 24.5 Å². The highest BCUT2D eigenvalue weighted by atomic mass is 32.2. The number of fused-ring (bicyclic) bond motifs is 1. The molecule has 0 spiro atoms. The van der Waals surface area contributed by atoms with Gasteiger partial charge in [0.2, 0.25) is 15.9 Å². The van der Waals surface area contributed by atoms with Crippen LogP contribution in [-0.2, 0) is 10.0 Å². The van der Waals surface area contributed by atoms with Crippen molar-refractivity contribution in [3.8, 4) is 5.88 Å². The Morgan fingerprint density at radius 1 is 1.08 bits per heavy atom. The van der Waals surface area contributed by atoms with Crippen molar-refractivity contribution in [1.29, 1.82) is 0 Å².